The summed E-state index contributed by atoms with van der Waals surface area (Å²) in [6, 6.07) is 0. The largest absolute Gasteiger partial charge is 0.534 e. The van der Waals surface area contributed by atoms with Gasteiger partial charge in [0.25, 0.3) is 0 Å². The minimum atomic E-state index is -5.73. The summed E-state index contributed by atoms with van der Waals surface area (Å²) in [4.78, 5) is 33.4. The van der Waals surface area contributed by atoms with Crippen LogP contribution in [0.3, 0.4) is 0 Å². The lowest BCUT2D eigenvalue weighted by Gasteiger charge is -2.10. The summed E-state index contributed by atoms with van der Waals surface area (Å²) in [5, 5.41) is 0. The van der Waals surface area contributed by atoms with Crippen molar-refractivity contribution in [2.75, 3.05) is 44.3 Å². The van der Waals surface area contributed by atoms with Crippen LogP contribution in [-0.2, 0) is 42.9 Å². The number of rotatable bonds is 5. The van der Waals surface area contributed by atoms with Crippen LogP contribution in [0.15, 0.2) is 22.5 Å². The Morgan fingerprint density at radius 1 is 0.767 bits per heavy atom. The normalized spacial score (nSPS) is 16.6. The average molecular weight is 494 g/mol. The van der Waals surface area contributed by atoms with E-state index in [1.807, 2.05) is 0 Å². The Bertz CT molecular complexity index is 834. The molecule has 0 saturated heterocycles. The van der Waals surface area contributed by atoms with Crippen molar-refractivity contribution in [2.45, 2.75) is 5.51 Å². The van der Waals surface area contributed by atoms with Crippen molar-refractivity contribution in [2.24, 2.45) is 0 Å². The molecule has 0 amide bonds. The van der Waals surface area contributed by atoms with Crippen LogP contribution in [0.5, 0.6) is 0 Å². The number of carbonyl (C=O) groups is 3. The maximum absolute atomic E-state index is 12.0. The summed E-state index contributed by atoms with van der Waals surface area (Å²) in [6.45, 7) is 0. The molecule has 0 unspecified atom stereocenters. The molecule has 170 valence electrons. The van der Waals surface area contributed by atoms with Gasteiger partial charge in [0, 0.05) is 17.3 Å². The molecule has 15 heteroatoms. The quantitative estimate of drug-likeness (QED) is 0.239. The molecule has 0 atom stereocenters. The summed E-state index contributed by atoms with van der Waals surface area (Å²) >= 11 is 2.56. The fraction of sp³-hybridized carbons (Fsp3) is 0.533. The Morgan fingerprint density at radius 2 is 1.13 bits per heavy atom. The fourth-order valence-corrected chi connectivity index (χ4v) is 4.69. The van der Waals surface area contributed by atoms with E-state index >= 15 is 0 Å². The summed E-state index contributed by atoms with van der Waals surface area (Å²) in [5.74, 6) is -1.33. The first-order valence-electron chi connectivity index (χ1n) is 7.74. The molecule has 2 aliphatic heterocycles. The van der Waals surface area contributed by atoms with Crippen molar-refractivity contribution in [1.29, 1.82) is 0 Å². The standard InChI is InChI=1S/C8H10O4S.C7H7F3O5S2/c1-11-7(9)5-3-13-4-6(5)8(10)12-2;1-14-6(11)4-2-16-3-5(4)15-17(12,13)7(8,9)10/h3-4H2,1-2H3;2-3H2,1H3. The molecule has 2 aliphatic rings. The predicted molar refractivity (Wildman–Crippen MR) is 101 cm³/mol. The summed E-state index contributed by atoms with van der Waals surface area (Å²) < 4.78 is 74.8. The number of thioether (sulfide) groups is 2. The smallest absolute Gasteiger partial charge is 0.466 e. The Morgan fingerprint density at radius 3 is 1.53 bits per heavy atom. The zero-order chi connectivity index (χ0) is 23.1. The Balaban J connectivity index is 0.000000311. The summed E-state index contributed by atoms with van der Waals surface area (Å²) in [7, 11) is -2.10. The highest BCUT2D eigenvalue weighted by Gasteiger charge is 2.49. The second kappa shape index (κ2) is 10.9. The number of carbonyl (C=O) groups excluding carboxylic acids is 3. The Kier molecular flexibility index (Phi) is 9.55. The van der Waals surface area contributed by atoms with Gasteiger partial charge in [0.05, 0.1) is 43.8 Å². The average Bonchev–Trinajstić information content (AvgIpc) is 3.35. The monoisotopic (exact) mass is 494 g/mol. The van der Waals surface area contributed by atoms with E-state index in [1.165, 1.54) is 26.0 Å². The van der Waals surface area contributed by atoms with Crippen molar-refractivity contribution in [1.82, 2.24) is 0 Å². The molecular weight excluding hydrogens is 477 g/mol. The topological polar surface area (TPSA) is 122 Å². The third-order valence-electron chi connectivity index (χ3n) is 3.46. The van der Waals surface area contributed by atoms with Gasteiger partial charge in [-0.05, 0) is 0 Å². The van der Waals surface area contributed by atoms with E-state index in [1.54, 1.807) is 0 Å². The summed E-state index contributed by atoms with van der Waals surface area (Å²) in [5.41, 5.74) is -4.86. The van der Waals surface area contributed by atoms with Crippen molar-refractivity contribution >= 4 is 51.5 Å². The lowest BCUT2D eigenvalue weighted by Crippen LogP contribution is -2.26. The minimum Gasteiger partial charge on any atom is -0.466 e. The second-order valence-electron chi connectivity index (χ2n) is 5.30. The number of halogens is 3. The van der Waals surface area contributed by atoms with E-state index in [4.69, 9.17) is 0 Å². The van der Waals surface area contributed by atoms with Gasteiger partial charge in [-0.1, -0.05) is 0 Å². The van der Waals surface area contributed by atoms with Gasteiger partial charge >= 0.3 is 33.5 Å². The molecule has 0 spiro atoms. The van der Waals surface area contributed by atoms with Crippen molar-refractivity contribution in [3.8, 4) is 0 Å². The SMILES string of the molecule is COC(=O)C1=C(C(=O)OC)CSC1.COC(=O)C1=C(OS(=O)(=O)C(F)(F)F)CSC1. The number of hydrogen-bond acceptors (Lipinski definition) is 11. The molecule has 2 rings (SSSR count). The molecule has 0 aromatic rings. The maximum atomic E-state index is 12.0. The number of hydrogen-bond donors (Lipinski definition) is 0. The van der Waals surface area contributed by atoms with E-state index in [0.29, 0.717) is 22.7 Å². The van der Waals surface area contributed by atoms with E-state index < -0.39 is 39.3 Å². The van der Waals surface area contributed by atoms with E-state index in [2.05, 4.69) is 18.4 Å². The van der Waals surface area contributed by atoms with Gasteiger partial charge in [-0.2, -0.15) is 33.4 Å². The van der Waals surface area contributed by atoms with Crippen molar-refractivity contribution in [3.05, 3.63) is 22.5 Å². The fourth-order valence-electron chi connectivity index (χ4n) is 2.00. The van der Waals surface area contributed by atoms with Crippen molar-refractivity contribution < 1.29 is 54.4 Å². The molecule has 2 heterocycles. The highest BCUT2D eigenvalue weighted by atomic mass is 32.2. The molecule has 0 aromatic carbocycles. The molecule has 0 aliphatic carbocycles. The van der Waals surface area contributed by atoms with Crippen LogP contribution in [0, 0.1) is 0 Å². The van der Waals surface area contributed by atoms with Crippen LogP contribution in [0.1, 0.15) is 0 Å². The van der Waals surface area contributed by atoms with Crippen LogP contribution >= 0.6 is 23.5 Å². The van der Waals surface area contributed by atoms with Crippen LogP contribution in [0.4, 0.5) is 13.2 Å². The van der Waals surface area contributed by atoms with Crippen LogP contribution in [0.25, 0.3) is 0 Å². The van der Waals surface area contributed by atoms with Gasteiger partial charge in [0.15, 0.2) is 0 Å². The highest BCUT2D eigenvalue weighted by Crippen LogP contribution is 2.32. The van der Waals surface area contributed by atoms with Crippen LogP contribution in [-0.4, -0.2) is 76.2 Å². The van der Waals surface area contributed by atoms with Gasteiger partial charge in [0.2, 0.25) is 0 Å². The molecule has 30 heavy (non-hydrogen) atoms. The number of alkyl halides is 3. The lowest BCUT2D eigenvalue weighted by atomic mass is 10.1. The maximum Gasteiger partial charge on any atom is 0.534 e. The first-order chi connectivity index (χ1) is 13.9. The molecule has 0 fully saturated rings. The molecule has 9 nitrogen and oxygen atoms in total. The van der Waals surface area contributed by atoms with Gasteiger partial charge in [-0.25, -0.2) is 14.4 Å². The Hall–Kier alpha value is -1.87. The van der Waals surface area contributed by atoms with Gasteiger partial charge < -0.3 is 18.4 Å². The molecule has 0 radical (unpaired) electrons. The summed E-state index contributed by atoms with van der Waals surface area (Å²) in [6.07, 6.45) is 0. The van der Waals surface area contributed by atoms with E-state index in [-0.39, 0.29) is 17.1 Å². The van der Waals surface area contributed by atoms with Crippen LogP contribution in [0.2, 0.25) is 0 Å². The molecule has 0 bridgehead atoms. The molecule has 0 aromatic heterocycles. The predicted octanol–water partition coefficient (Wildman–Crippen LogP) is 1.40. The highest BCUT2D eigenvalue weighted by molar-refractivity contribution is 8.00. The third kappa shape index (κ3) is 6.57. The van der Waals surface area contributed by atoms with Gasteiger partial charge in [-0.3, -0.25) is 0 Å². The molecule has 0 saturated carbocycles. The van der Waals surface area contributed by atoms with E-state index in [9.17, 15) is 36.0 Å². The number of methoxy groups -OCH3 is 3. The van der Waals surface area contributed by atoms with Gasteiger partial charge in [0.1, 0.15) is 5.76 Å². The molecule has 0 N–H and O–H groups in total. The minimum absolute atomic E-state index is 0.0510. The Labute approximate surface area is 178 Å². The number of esters is 3. The number of ether oxygens (including phenoxy) is 3. The van der Waals surface area contributed by atoms with Crippen molar-refractivity contribution in [3.63, 3.8) is 0 Å². The third-order valence-corrected chi connectivity index (χ3v) is 6.39. The molecular formula is C15H17F3O9S3. The zero-order valence-electron chi connectivity index (χ0n) is 15.9. The first kappa shape index (κ1) is 26.2. The van der Waals surface area contributed by atoms with Crippen LogP contribution < -0.4 is 0 Å². The van der Waals surface area contributed by atoms with Gasteiger partial charge in [-0.15, -0.1) is 11.8 Å². The second-order valence-corrected chi connectivity index (χ2v) is 8.81. The zero-order valence-corrected chi connectivity index (χ0v) is 18.3. The lowest BCUT2D eigenvalue weighted by molar-refractivity contribution is -0.139. The van der Waals surface area contributed by atoms with E-state index in [0.717, 1.165) is 18.9 Å². The first-order valence-corrected chi connectivity index (χ1v) is 11.5.